The Labute approximate surface area is 111 Å². The van der Waals surface area contributed by atoms with Crippen LogP contribution in [0.25, 0.3) is 0 Å². The molecule has 0 bridgehead atoms. The molecule has 19 heavy (non-hydrogen) atoms. The minimum atomic E-state index is -0.200. The Morgan fingerprint density at radius 3 is 3.00 bits per heavy atom. The van der Waals surface area contributed by atoms with Crippen molar-refractivity contribution in [3.8, 4) is 5.75 Å². The normalized spacial score (nSPS) is 14.4. The van der Waals surface area contributed by atoms with Crippen LogP contribution in [0.3, 0.4) is 0 Å². The van der Waals surface area contributed by atoms with E-state index in [1.165, 1.54) is 30.2 Å². The van der Waals surface area contributed by atoms with E-state index in [1.54, 1.807) is 12.1 Å². The molecule has 0 N–H and O–H groups in total. The van der Waals surface area contributed by atoms with E-state index in [1.807, 2.05) is 13.0 Å². The number of carbonyl (C=O) groups excluding carboxylic acids is 1. The number of benzene rings is 1. The Kier molecular flexibility index (Phi) is 3.03. The van der Waals surface area contributed by atoms with Crippen LogP contribution < -0.4 is 4.74 Å². The zero-order valence-corrected chi connectivity index (χ0v) is 10.7. The zero-order chi connectivity index (χ0) is 13.2. The van der Waals surface area contributed by atoms with Crippen molar-refractivity contribution < 1.29 is 9.53 Å². The fraction of sp³-hybridized carbons (Fsp3) is 0.357. The van der Waals surface area contributed by atoms with Crippen LogP contribution in [0.2, 0.25) is 0 Å². The summed E-state index contributed by atoms with van der Waals surface area (Å²) in [4.78, 5) is 15.9. The molecule has 0 aliphatic heterocycles. The highest BCUT2D eigenvalue weighted by Crippen LogP contribution is 2.30. The lowest BCUT2D eigenvalue weighted by Crippen LogP contribution is -2.13. The highest BCUT2D eigenvalue weighted by molar-refractivity contribution is 5.95. The Morgan fingerprint density at radius 1 is 1.47 bits per heavy atom. The number of hydrogen-bond acceptors (Lipinski definition) is 4. The van der Waals surface area contributed by atoms with Gasteiger partial charge in [-0.15, -0.1) is 0 Å². The molecule has 1 saturated carbocycles. The van der Waals surface area contributed by atoms with Crippen molar-refractivity contribution >= 4 is 5.91 Å². The van der Waals surface area contributed by atoms with E-state index in [-0.39, 0.29) is 5.91 Å². The Hall–Kier alpha value is -2.17. The van der Waals surface area contributed by atoms with Gasteiger partial charge in [-0.2, -0.15) is 9.78 Å². The van der Waals surface area contributed by atoms with Crippen LogP contribution in [0, 0.1) is 12.8 Å². The van der Waals surface area contributed by atoms with Gasteiger partial charge in [0.25, 0.3) is 5.91 Å². The van der Waals surface area contributed by atoms with Gasteiger partial charge in [-0.25, -0.2) is 4.98 Å². The summed E-state index contributed by atoms with van der Waals surface area (Å²) in [5, 5.41) is 3.84. The van der Waals surface area contributed by atoms with Crippen molar-refractivity contribution in [1.82, 2.24) is 14.8 Å². The summed E-state index contributed by atoms with van der Waals surface area (Å²) in [7, 11) is 0. The average Bonchev–Trinajstić information content (AvgIpc) is 3.09. The summed E-state index contributed by atoms with van der Waals surface area (Å²) >= 11 is 0. The summed E-state index contributed by atoms with van der Waals surface area (Å²) in [6, 6.07) is 5.46. The lowest BCUT2D eigenvalue weighted by Gasteiger charge is -2.10. The lowest BCUT2D eigenvalue weighted by atomic mass is 10.1. The number of rotatable bonds is 4. The standard InChI is InChI=1S/C14H15N3O2/c1-10-2-5-12(14(18)17-9-15-8-16-17)6-13(10)19-7-11-3-4-11/h2,5-6,8-9,11H,3-4,7H2,1H3. The minimum absolute atomic E-state index is 0.200. The maximum atomic E-state index is 12.1. The van der Waals surface area contributed by atoms with Gasteiger partial charge in [0.15, 0.2) is 0 Å². The van der Waals surface area contributed by atoms with Crippen molar-refractivity contribution in [3.63, 3.8) is 0 Å². The van der Waals surface area contributed by atoms with E-state index in [2.05, 4.69) is 10.1 Å². The number of aromatic nitrogens is 3. The van der Waals surface area contributed by atoms with Crippen LogP contribution in [0.4, 0.5) is 0 Å². The first-order valence-corrected chi connectivity index (χ1v) is 6.37. The molecule has 0 atom stereocenters. The molecule has 3 rings (SSSR count). The second-order valence-electron chi connectivity index (χ2n) is 4.88. The van der Waals surface area contributed by atoms with E-state index in [9.17, 15) is 4.79 Å². The molecule has 2 aromatic rings. The first-order valence-electron chi connectivity index (χ1n) is 6.37. The molecule has 1 aliphatic carbocycles. The van der Waals surface area contributed by atoms with E-state index in [0.717, 1.165) is 17.9 Å². The maximum absolute atomic E-state index is 12.1. The Morgan fingerprint density at radius 2 is 2.32 bits per heavy atom. The molecule has 0 radical (unpaired) electrons. The predicted molar refractivity (Wildman–Crippen MR) is 69.1 cm³/mol. The summed E-state index contributed by atoms with van der Waals surface area (Å²) < 4.78 is 6.99. The van der Waals surface area contributed by atoms with Gasteiger partial charge in [-0.05, 0) is 43.4 Å². The van der Waals surface area contributed by atoms with Crippen LogP contribution in [-0.2, 0) is 0 Å². The van der Waals surface area contributed by atoms with Gasteiger partial charge < -0.3 is 4.74 Å². The monoisotopic (exact) mass is 257 g/mol. The summed E-state index contributed by atoms with van der Waals surface area (Å²) in [6.07, 6.45) is 5.23. The number of nitrogens with zero attached hydrogens (tertiary/aromatic N) is 3. The van der Waals surface area contributed by atoms with Crippen LogP contribution in [-0.4, -0.2) is 27.3 Å². The van der Waals surface area contributed by atoms with Gasteiger partial charge in [0.05, 0.1) is 6.61 Å². The van der Waals surface area contributed by atoms with Crippen LogP contribution in [0.15, 0.2) is 30.9 Å². The number of carbonyl (C=O) groups is 1. The molecular weight excluding hydrogens is 242 g/mol. The Balaban J connectivity index is 1.81. The number of hydrogen-bond donors (Lipinski definition) is 0. The molecule has 0 spiro atoms. The van der Waals surface area contributed by atoms with Crippen molar-refractivity contribution in [2.24, 2.45) is 5.92 Å². The maximum Gasteiger partial charge on any atom is 0.279 e. The van der Waals surface area contributed by atoms with E-state index >= 15 is 0 Å². The molecule has 0 unspecified atom stereocenters. The van der Waals surface area contributed by atoms with E-state index in [4.69, 9.17) is 4.74 Å². The second-order valence-corrected chi connectivity index (χ2v) is 4.88. The molecule has 5 heteroatoms. The van der Waals surface area contributed by atoms with Gasteiger partial charge in [0.1, 0.15) is 18.4 Å². The fourth-order valence-electron chi connectivity index (χ4n) is 1.83. The Bertz CT molecular complexity index is 589. The third-order valence-corrected chi connectivity index (χ3v) is 3.23. The first kappa shape index (κ1) is 11.9. The molecule has 1 aromatic carbocycles. The van der Waals surface area contributed by atoms with Crippen LogP contribution >= 0.6 is 0 Å². The molecule has 1 heterocycles. The molecule has 98 valence electrons. The quantitative estimate of drug-likeness (QED) is 0.841. The van der Waals surface area contributed by atoms with Crippen LogP contribution in [0.1, 0.15) is 28.8 Å². The van der Waals surface area contributed by atoms with Gasteiger partial charge in [-0.1, -0.05) is 6.07 Å². The van der Waals surface area contributed by atoms with E-state index < -0.39 is 0 Å². The lowest BCUT2D eigenvalue weighted by molar-refractivity contribution is 0.0944. The van der Waals surface area contributed by atoms with Crippen molar-refractivity contribution in [3.05, 3.63) is 42.0 Å². The highest BCUT2D eigenvalue weighted by Gasteiger charge is 2.22. The third kappa shape index (κ3) is 2.65. The highest BCUT2D eigenvalue weighted by atomic mass is 16.5. The van der Waals surface area contributed by atoms with Crippen molar-refractivity contribution in [2.75, 3.05) is 6.61 Å². The van der Waals surface area contributed by atoms with Gasteiger partial charge in [-0.3, -0.25) is 4.79 Å². The zero-order valence-electron chi connectivity index (χ0n) is 10.7. The number of aryl methyl sites for hydroxylation is 1. The molecule has 5 nitrogen and oxygen atoms in total. The smallest absolute Gasteiger partial charge is 0.279 e. The van der Waals surface area contributed by atoms with Gasteiger partial charge in [0, 0.05) is 5.56 Å². The van der Waals surface area contributed by atoms with Crippen molar-refractivity contribution in [2.45, 2.75) is 19.8 Å². The minimum Gasteiger partial charge on any atom is -0.493 e. The summed E-state index contributed by atoms with van der Waals surface area (Å²) in [5.41, 5.74) is 1.60. The third-order valence-electron chi connectivity index (χ3n) is 3.23. The largest absolute Gasteiger partial charge is 0.493 e. The summed E-state index contributed by atoms with van der Waals surface area (Å²) in [5.74, 6) is 1.26. The molecule has 1 aromatic heterocycles. The molecule has 1 aliphatic rings. The number of ether oxygens (including phenoxy) is 1. The molecule has 1 fully saturated rings. The summed E-state index contributed by atoms with van der Waals surface area (Å²) in [6.45, 7) is 2.72. The molecule has 0 amide bonds. The van der Waals surface area contributed by atoms with Gasteiger partial charge >= 0.3 is 0 Å². The molecule has 0 saturated heterocycles. The second kappa shape index (κ2) is 4.84. The first-order chi connectivity index (χ1) is 9.24. The van der Waals surface area contributed by atoms with Crippen LogP contribution in [0.5, 0.6) is 5.75 Å². The van der Waals surface area contributed by atoms with Gasteiger partial charge in [0.2, 0.25) is 0 Å². The van der Waals surface area contributed by atoms with E-state index in [0.29, 0.717) is 11.5 Å². The fourth-order valence-corrected chi connectivity index (χ4v) is 1.83. The topological polar surface area (TPSA) is 57.0 Å². The predicted octanol–water partition coefficient (Wildman–Crippen LogP) is 2.06. The SMILES string of the molecule is Cc1ccc(C(=O)n2cncn2)cc1OCC1CC1. The van der Waals surface area contributed by atoms with Crippen molar-refractivity contribution in [1.29, 1.82) is 0 Å². The molecular formula is C14H15N3O2. The average molecular weight is 257 g/mol.